The second kappa shape index (κ2) is 5.41. The molecule has 1 aromatic heterocycles. The number of hydrogen-bond acceptors (Lipinski definition) is 5. The summed E-state index contributed by atoms with van der Waals surface area (Å²) in [6, 6.07) is 11.8. The van der Waals surface area contributed by atoms with Crippen molar-refractivity contribution in [2.75, 3.05) is 0 Å². The van der Waals surface area contributed by atoms with Gasteiger partial charge < -0.3 is 5.11 Å². The van der Waals surface area contributed by atoms with Gasteiger partial charge in [-0.15, -0.1) is 0 Å². The third-order valence-corrected chi connectivity index (χ3v) is 4.06. The van der Waals surface area contributed by atoms with Gasteiger partial charge in [-0.3, -0.25) is 15.1 Å². The Labute approximate surface area is 124 Å². The minimum absolute atomic E-state index is 0.0401. The fraction of sp³-hybridized carbons (Fsp3) is 0. The number of benzene rings is 2. The number of non-ortho nitro benzene ring substituents is 1. The van der Waals surface area contributed by atoms with Crippen molar-refractivity contribution in [3.63, 3.8) is 0 Å². The maximum atomic E-state index is 11.1. The fourth-order valence-electron chi connectivity index (χ4n) is 2.07. The summed E-state index contributed by atoms with van der Waals surface area (Å²) in [6.07, 6.45) is 3.11. The largest absolute Gasteiger partial charge is 0.508 e. The number of fused-ring (bicyclic) bond motifs is 1. The van der Waals surface area contributed by atoms with Crippen LogP contribution in [0.3, 0.4) is 0 Å². The van der Waals surface area contributed by atoms with Gasteiger partial charge in [0.15, 0.2) is 0 Å². The number of aromatic hydroxyl groups is 1. The predicted octanol–water partition coefficient (Wildman–Crippen LogP) is 4.00. The summed E-state index contributed by atoms with van der Waals surface area (Å²) in [5.41, 5.74) is 0.0401. The van der Waals surface area contributed by atoms with E-state index in [2.05, 4.69) is 4.98 Å². The minimum atomic E-state index is -0.410. The van der Waals surface area contributed by atoms with Crippen LogP contribution >= 0.6 is 11.8 Å². The van der Waals surface area contributed by atoms with Gasteiger partial charge in [0.05, 0.1) is 10.3 Å². The topological polar surface area (TPSA) is 76.3 Å². The van der Waals surface area contributed by atoms with Gasteiger partial charge in [-0.25, -0.2) is 0 Å². The molecule has 0 aliphatic carbocycles. The third kappa shape index (κ3) is 2.66. The van der Waals surface area contributed by atoms with Gasteiger partial charge in [0.25, 0.3) is 5.69 Å². The van der Waals surface area contributed by atoms with Crippen LogP contribution < -0.4 is 0 Å². The molecule has 5 nitrogen and oxygen atoms in total. The second-order valence-corrected chi connectivity index (χ2v) is 5.48. The Morgan fingerprint density at radius 2 is 2.00 bits per heavy atom. The highest BCUT2D eigenvalue weighted by atomic mass is 32.2. The van der Waals surface area contributed by atoms with Crippen molar-refractivity contribution in [2.24, 2.45) is 0 Å². The smallest absolute Gasteiger partial charge is 0.278 e. The second-order valence-electron chi connectivity index (χ2n) is 4.36. The molecule has 0 bridgehead atoms. The third-order valence-electron chi connectivity index (χ3n) is 3.00. The van der Waals surface area contributed by atoms with E-state index in [0.717, 1.165) is 15.2 Å². The summed E-state index contributed by atoms with van der Waals surface area (Å²) >= 11 is 1.44. The molecule has 1 heterocycles. The van der Waals surface area contributed by atoms with E-state index in [1.54, 1.807) is 36.5 Å². The standard InChI is InChI=1S/C15H10N2O3S/c18-10-2-1-3-11(8-10)21-15-5-4-14(17(19)20)13-9-16-7-6-12(13)15/h1-9,18H. The first kappa shape index (κ1) is 13.4. The molecule has 3 rings (SSSR count). The van der Waals surface area contributed by atoms with E-state index in [0.29, 0.717) is 5.39 Å². The molecule has 0 atom stereocenters. The van der Waals surface area contributed by atoms with E-state index in [9.17, 15) is 15.2 Å². The van der Waals surface area contributed by atoms with E-state index >= 15 is 0 Å². The van der Waals surface area contributed by atoms with Crippen molar-refractivity contribution in [3.05, 3.63) is 65.0 Å². The van der Waals surface area contributed by atoms with Gasteiger partial charge in [-0.1, -0.05) is 17.8 Å². The molecule has 6 heteroatoms. The number of phenolic OH excluding ortho intramolecular Hbond substituents is 1. The summed E-state index contributed by atoms with van der Waals surface area (Å²) < 4.78 is 0. The average Bonchev–Trinajstić information content (AvgIpc) is 2.47. The monoisotopic (exact) mass is 298 g/mol. The summed E-state index contributed by atoms with van der Waals surface area (Å²) in [6.45, 7) is 0. The maximum absolute atomic E-state index is 11.1. The quantitative estimate of drug-likeness (QED) is 0.584. The Hall–Kier alpha value is -2.60. The zero-order valence-corrected chi connectivity index (χ0v) is 11.6. The first-order valence-corrected chi connectivity index (χ1v) is 6.95. The van der Waals surface area contributed by atoms with E-state index in [-0.39, 0.29) is 11.4 Å². The van der Waals surface area contributed by atoms with Gasteiger partial charge >= 0.3 is 0 Å². The molecule has 104 valence electrons. The van der Waals surface area contributed by atoms with Crippen LogP contribution in [0.2, 0.25) is 0 Å². The number of phenols is 1. The van der Waals surface area contributed by atoms with Crippen LogP contribution in [0.25, 0.3) is 10.8 Å². The average molecular weight is 298 g/mol. The number of hydrogen-bond donors (Lipinski definition) is 1. The lowest BCUT2D eigenvalue weighted by molar-refractivity contribution is -0.383. The summed E-state index contributed by atoms with van der Waals surface area (Å²) in [5.74, 6) is 0.188. The Morgan fingerprint density at radius 1 is 1.14 bits per heavy atom. The zero-order valence-electron chi connectivity index (χ0n) is 10.8. The SMILES string of the molecule is O=[N+]([O-])c1ccc(Sc2cccc(O)c2)c2ccncc12. The first-order chi connectivity index (χ1) is 10.1. The van der Waals surface area contributed by atoms with Crippen molar-refractivity contribution in [1.82, 2.24) is 4.98 Å². The van der Waals surface area contributed by atoms with Crippen molar-refractivity contribution >= 4 is 28.2 Å². The lowest BCUT2D eigenvalue weighted by Crippen LogP contribution is -1.91. The fourth-order valence-corrected chi connectivity index (χ4v) is 3.07. The Bertz CT molecular complexity index is 836. The van der Waals surface area contributed by atoms with Crippen LogP contribution in [0.15, 0.2) is 64.6 Å². The van der Waals surface area contributed by atoms with E-state index < -0.39 is 4.92 Å². The Balaban J connectivity index is 2.12. The molecule has 0 aliphatic rings. The van der Waals surface area contributed by atoms with Crippen LogP contribution in [0.5, 0.6) is 5.75 Å². The maximum Gasteiger partial charge on any atom is 0.278 e. The van der Waals surface area contributed by atoms with Crippen molar-refractivity contribution in [1.29, 1.82) is 0 Å². The normalized spacial score (nSPS) is 10.7. The minimum Gasteiger partial charge on any atom is -0.508 e. The van der Waals surface area contributed by atoms with Gasteiger partial charge in [-0.2, -0.15) is 0 Å². The molecule has 0 saturated carbocycles. The number of nitro groups is 1. The van der Waals surface area contributed by atoms with Crippen LogP contribution in [0.1, 0.15) is 0 Å². The molecule has 0 saturated heterocycles. The number of nitro benzene ring substituents is 1. The molecule has 0 unspecified atom stereocenters. The van der Waals surface area contributed by atoms with E-state index in [4.69, 9.17) is 0 Å². The Kier molecular flexibility index (Phi) is 3.45. The van der Waals surface area contributed by atoms with Crippen molar-refractivity contribution < 1.29 is 10.0 Å². The molecule has 1 N–H and O–H groups in total. The van der Waals surface area contributed by atoms with Gasteiger partial charge in [0, 0.05) is 33.6 Å². The molecule has 2 aromatic carbocycles. The summed E-state index contributed by atoms with van der Waals surface area (Å²) in [7, 11) is 0. The summed E-state index contributed by atoms with van der Waals surface area (Å²) in [4.78, 5) is 16.4. The number of nitrogens with zero attached hydrogens (tertiary/aromatic N) is 2. The highest BCUT2D eigenvalue weighted by Crippen LogP contribution is 2.37. The highest BCUT2D eigenvalue weighted by molar-refractivity contribution is 7.99. The molecule has 0 fully saturated rings. The molecular weight excluding hydrogens is 288 g/mol. The first-order valence-electron chi connectivity index (χ1n) is 6.13. The zero-order chi connectivity index (χ0) is 14.8. The van der Waals surface area contributed by atoms with Gasteiger partial charge in [-0.05, 0) is 30.3 Å². The van der Waals surface area contributed by atoms with Crippen LogP contribution in [-0.2, 0) is 0 Å². The highest BCUT2D eigenvalue weighted by Gasteiger charge is 2.14. The number of aromatic nitrogens is 1. The van der Waals surface area contributed by atoms with Gasteiger partial charge in [0.1, 0.15) is 5.75 Å². The van der Waals surface area contributed by atoms with E-state index in [1.165, 1.54) is 24.0 Å². The van der Waals surface area contributed by atoms with Crippen LogP contribution in [0.4, 0.5) is 5.69 Å². The lowest BCUT2D eigenvalue weighted by Gasteiger charge is -2.07. The van der Waals surface area contributed by atoms with Crippen LogP contribution in [-0.4, -0.2) is 15.0 Å². The molecule has 0 radical (unpaired) electrons. The van der Waals surface area contributed by atoms with Gasteiger partial charge in [0.2, 0.25) is 0 Å². The molecule has 21 heavy (non-hydrogen) atoms. The summed E-state index contributed by atoms with van der Waals surface area (Å²) in [5, 5.41) is 21.9. The number of pyridine rings is 1. The molecular formula is C15H10N2O3S. The molecule has 0 spiro atoms. The van der Waals surface area contributed by atoms with Crippen LogP contribution in [0, 0.1) is 10.1 Å². The van der Waals surface area contributed by atoms with E-state index in [1.807, 2.05) is 6.07 Å². The molecule has 0 amide bonds. The predicted molar refractivity (Wildman–Crippen MR) is 80.6 cm³/mol. The lowest BCUT2D eigenvalue weighted by atomic mass is 10.1. The van der Waals surface area contributed by atoms with Crippen molar-refractivity contribution in [2.45, 2.75) is 9.79 Å². The van der Waals surface area contributed by atoms with Crippen molar-refractivity contribution in [3.8, 4) is 5.75 Å². The number of rotatable bonds is 3. The Morgan fingerprint density at radius 3 is 2.76 bits per heavy atom. The molecule has 0 aliphatic heterocycles. The molecule has 3 aromatic rings.